The molecule has 1 aromatic rings. The number of esters is 1. The predicted molar refractivity (Wildman–Crippen MR) is 99.5 cm³/mol. The number of para-hydroxylation sites is 1. The summed E-state index contributed by atoms with van der Waals surface area (Å²) < 4.78 is 16.4. The molecule has 2 aliphatic heterocycles. The standard InChI is InChI=1S/C19H25NO5S/c1-13(25-19(22)14(2)24-12-15-6-5-10-23-15)18(21)20-9-11-26-17-8-4-3-7-16(17)20/h3-4,7-8,13-15H,5-6,9-12H2,1-2H3. The molecule has 142 valence electrons. The first-order valence-corrected chi connectivity index (χ1v) is 10.0. The molecule has 0 N–H and O–H groups in total. The Morgan fingerprint density at radius 3 is 2.88 bits per heavy atom. The SMILES string of the molecule is CC(OCC1CCCO1)C(=O)OC(C)C(=O)N1CCSc2ccccc21. The van der Waals surface area contributed by atoms with Gasteiger partial charge in [0.2, 0.25) is 0 Å². The van der Waals surface area contributed by atoms with Crippen LogP contribution in [0.3, 0.4) is 0 Å². The van der Waals surface area contributed by atoms with E-state index in [1.54, 1.807) is 30.5 Å². The summed E-state index contributed by atoms with van der Waals surface area (Å²) >= 11 is 1.73. The number of fused-ring (bicyclic) bond motifs is 1. The third-order valence-electron chi connectivity index (χ3n) is 4.52. The van der Waals surface area contributed by atoms with Crippen molar-refractivity contribution in [1.29, 1.82) is 0 Å². The normalized spacial score (nSPS) is 21.8. The average molecular weight is 379 g/mol. The molecule has 0 spiro atoms. The maximum Gasteiger partial charge on any atom is 0.335 e. The predicted octanol–water partition coefficient (Wildman–Crippen LogP) is 2.64. The second-order valence-corrected chi connectivity index (χ2v) is 7.63. The number of carbonyl (C=O) groups is 2. The zero-order valence-electron chi connectivity index (χ0n) is 15.2. The maximum absolute atomic E-state index is 12.8. The molecule has 0 aliphatic carbocycles. The van der Waals surface area contributed by atoms with Gasteiger partial charge in [0, 0.05) is 23.8 Å². The van der Waals surface area contributed by atoms with Crippen molar-refractivity contribution in [2.24, 2.45) is 0 Å². The minimum absolute atomic E-state index is 0.0478. The lowest BCUT2D eigenvalue weighted by molar-refractivity contribution is -0.165. The van der Waals surface area contributed by atoms with Gasteiger partial charge >= 0.3 is 5.97 Å². The summed E-state index contributed by atoms with van der Waals surface area (Å²) in [6, 6.07) is 7.78. The van der Waals surface area contributed by atoms with E-state index in [1.807, 2.05) is 24.3 Å². The Bertz CT molecular complexity index is 647. The molecule has 26 heavy (non-hydrogen) atoms. The molecule has 3 unspecified atom stereocenters. The van der Waals surface area contributed by atoms with Gasteiger partial charge in [0.15, 0.2) is 12.2 Å². The Labute approximate surface area is 158 Å². The Hall–Kier alpha value is -1.57. The fourth-order valence-corrected chi connectivity index (χ4v) is 4.03. The molecular weight excluding hydrogens is 354 g/mol. The molecule has 2 aliphatic rings. The van der Waals surface area contributed by atoms with E-state index in [0.29, 0.717) is 13.2 Å². The minimum Gasteiger partial charge on any atom is -0.451 e. The second kappa shape index (κ2) is 8.88. The number of nitrogens with zero attached hydrogens (tertiary/aromatic N) is 1. The van der Waals surface area contributed by atoms with Crippen LogP contribution in [0.15, 0.2) is 29.2 Å². The molecule has 1 aromatic carbocycles. The summed E-state index contributed by atoms with van der Waals surface area (Å²) in [5.41, 5.74) is 0.874. The highest BCUT2D eigenvalue weighted by Crippen LogP contribution is 2.34. The number of amides is 1. The zero-order chi connectivity index (χ0) is 18.5. The Morgan fingerprint density at radius 2 is 2.12 bits per heavy atom. The number of thioether (sulfide) groups is 1. The van der Waals surface area contributed by atoms with E-state index in [9.17, 15) is 9.59 Å². The van der Waals surface area contributed by atoms with E-state index in [4.69, 9.17) is 14.2 Å². The van der Waals surface area contributed by atoms with Crippen molar-refractivity contribution in [1.82, 2.24) is 0 Å². The third-order valence-corrected chi connectivity index (χ3v) is 5.57. The summed E-state index contributed by atoms with van der Waals surface area (Å²) in [5, 5.41) is 0. The van der Waals surface area contributed by atoms with Crippen molar-refractivity contribution in [2.75, 3.05) is 30.4 Å². The van der Waals surface area contributed by atoms with E-state index in [-0.39, 0.29) is 12.0 Å². The van der Waals surface area contributed by atoms with Crippen LogP contribution in [-0.4, -0.2) is 55.7 Å². The lowest BCUT2D eigenvalue weighted by Crippen LogP contribution is -2.44. The van der Waals surface area contributed by atoms with Crippen LogP contribution in [0.2, 0.25) is 0 Å². The van der Waals surface area contributed by atoms with Gasteiger partial charge < -0.3 is 19.1 Å². The highest BCUT2D eigenvalue weighted by atomic mass is 32.2. The van der Waals surface area contributed by atoms with Gasteiger partial charge in [-0.05, 0) is 38.8 Å². The molecule has 1 saturated heterocycles. The van der Waals surface area contributed by atoms with Crippen LogP contribution >= 0.6 is 11.8 Å². The quantitative estimate of drug-likeness (QED) is 0.708. The fourth-order valence-electron chi connectivity index (χ4n) is 3.03. The van der Waals surface area contributed by atoms with Crippen molar-refractivity contribution < 1.29 is 23.8 Å². The van der Waals surface area contributed by atoms with Crippen molar-refractivity contribution in [3.05, 3.63) is 24.3 Å². The Balaban J connectivity index is 1.53. The van der Waals surface area contributed by atoms with Gasteiger partial charge in [0.25, 0.3) is 5.91 Å². The van der Waals surface area contributed by atoms with Crippen molar-refractivity contribution in [3.8, 4) is 0 Å². The van der Waals surface area contributed by atoms with E-state index in [2.05, 4.69) is 0 Å². The van der Waals surface area contributed by atoms with E-state index in [0.717, 1.165) is 35.8 Å². The van der Waals surface area contributed by atoms with Crippen LogP contribution in [-0.2, 0) is 23.8 Å². The fraction of sp³-hybridized carbons (Fsp3) is 0.579. The van der Waals surface area contributed by atoms with Crippen molar-refractivity contribution in [3.63, 3.8) is 0 Å². The molecule has 2 heterocycles. The molecule has 3 atom stereocenters. The number of ether oxygens (including phenoxy) is 3. The van der Waals surface area contributed by atoms with Crippen LogP contribution < -0.4 is 4.90 Å². The molecule has 0 bridgehead atoms. The van der Waals surface area contributed by atoms with Gasteiger partial charge in [-0.1, -0.05) is 12.1 Å². The van der Waals surface area contributed by atoms with E-state index in [1.165, 1.54) is 0 Å². The van der Waals surface area contributed by atoms with Gasteiger partial charge in [-0.2, -0.15) is 0 Å². The molecule has 0 radical (unpaired) electrons. The van der Waals surface area contributed by atoms with Crippen LogP contribution in [0, 0.1) is 0 Å². The van der Waals surface area contributed by atoms with E-state index >= 15 is 0 Å². The van der Waals surface area contributed by atoms with E-state index < -0.39 is 18.2 Å². The smallest absolute Gasteiger partial charge is 0.335 e. The van der Waals surface area contributed by atoms with Crippen LogP contribution in [0.1, 0.15) is 26.7 Å². The average Bonchev–Trinajstić information content (AvgIpc) is 3.18. The first kappa shape index (κ1) is 19.2. The van der Waals surface area contributed by atoms with Gasteiger partial charge in [-0.3, -0.25) is 4.79 Å². The molecule has 7 heteroatoms. The summed E-state index contributed by atoms with van der Waals surface area (Å²) in [5.74, 6) is 0.0885. The lowest BCUT2D eigenvalue weighted by Gasteiger charge is -2.31. The van der Waals surface area contributed by atoms with Crippen LogP contribution in [0.25, 0.3) is 0 Å². The molecule has 3 rings (SSSR count). The van der Waals surface area contributed by atoms with Crippen LogP contribution in [0.4, 0.5) is 5.69 Å². The highest BCUT2D eigenvalue weighted by Gasteiger charge is 2.30. The molecule has 0 aromatic heterocycles. The summed E-state index contributed by atoms with van der Waals surface area (Å²) in [4.78, 5) is 27.8. The van der Waals surface area contributed by atoms with Crippen molar-refractivity contribution >= 4 is 29.3 Å². The summed E-state index contributed by atoms with van der Waals surface area (Å²) in [6.45, 7) is 4.97. The molecule has 0 saturated carbocycles. The third kappa shape index (κ3) is 4.58. The zero-order valence-corrected chi connectivity index (χ0v) is 16.0. The van der Waals surface area contributed by atoms with Gasteiger partial charge in [0.1, 0.15) is 0 Å². The largest absolute Gasteiger partial charge is 0.451 e. The van der Waals surface area contributed by atoms with Crippen LogP contribution in [0.5, 0.6) is 0 Å². The van der Waals surface area contributed by atoms with Gasteiger partial charge in [-0.15, -0.1) is 11.8 Å². The lowest BCUT2D eigenvalue weighted by atomic mass is 10.2. The number of anilines is 1. The number of carbonyl (C=O) groups excluding carboxylic acids is 2. The Morgan fingerprint density at radius 1 is 1.31 bits per heavy atom. The first-order valence-electron chi connectivity index (χ1n) is 9.03. The molecule has 6 nitrogen and oxygen atoms in total. The molecule has 1 fully saturated rings. The topological polar surface area (TPSA) is 65.1 Å². The molecular formula is C19H25NO5S. The summed E-state index contributed by atoms with van der Waals surface area (Å²) in [6.07, 6.45) is 0.439. The van der Waals surface area contributed by atoms with Crippen molar-refractivity contribution in [2.45, 2.75) is 49.9 Å². The highest BCUT2D eigenvalue weighted by molar-refractivity contribution is 7.99. The van der Waals surface area contributed by atoms with Gasteiger partial charge in [0.05, 0.1) is 18.4 Å². The van der Waals surface area contributed by atoms with Gasteiger partial charge in [-0.25, -0.2) is 4.79 Å². The number of benzene rings is 1. The monoisotopic (exact) mass is 379 g/mol. The first-order chi connectivity index (χ1) is 12.6. The molecule has 1 amide bonds. The Kier molecular flexibility index (Phi) is 6.56. The number of hydrogen-bond acceptors (Lipinski definition) is 6. The number of hydrogen-bond donors (Lipinski definition) is 0. The maximum atomic E-state index is 12.8. The number of rotatable bonds is 6. The minimum atomic E-state index is -0.854. The second-order valence-electron chi connectivity index (χ2n) is 6.50. The summed E-state index contributed by atoms with van der Waals surface area (Å²) in [7, 11) is 0.